The van der Waals surface area contributed by atoms with Crippen LogP contribution in [0.2, 0.25) is 0 Å². The molecule has 0 atom stereocenters. The molecule has 2 aromatic heterocycles. The maximum absolute atomic E-state index is 5.53. The molecular weight excluding hydrogens is 256 g/mol. The Morgan fingerprint density at radius 3 is 3.18 bits per heavy atom. The van der Waals surface area contributed by atoms with Gasteiger partial charge in [0.1, 0.15) is 0 Å². The van der Waals surface area contributed by atoms with Gasteiger partial charge in [0.25, 0.3) is 5.22 Å². The fourth-order valence-corrected chi connectivity index (χ4v) is 2.59. The van der Waals surface area contributed by atoms with Crippen LogP contribution in [0.25, 0.3) is 0 Å². The van der Waals surface area contributed by atoms with E-state index < -0.39 is 0 Å². The highest BCUT2D eigenvalue weighted by atomic mass is 32.2. The molecule has 17 heavy (non-hydrogen) atoms. The third-order valence-electron chi connectivity index (χ3n) is 2.01. The summed E-state index contributed by atoms with van der Waals surface area (Å²) in [5.41, 5.74) is 0. The van der Waals surface area contributed by atoms with Crippen LogP contribution in [-0.2, 0) is 11.2 Å². The quantitative estimate of drug-likeness (QED) is 0.572. The number of rotatable bonds is 7. The van der Waals surface area contributed by atoms with Crippen molar-refractivity contribution in [2.45, 2.75) is 18.6 Å². The summed E-state index contributed by atoms with van der Waals surface area (Å²) in [6.07, 6.45) is 0.719. The lowest BCUT2D eigenvalue weighted by molar-refractivity contribution is 0.164. The number of hydrogen-bond donors (Lipinski definition) is 0. The lowest BCUT2D eigenvalue weighted by atomic mass is 10.3. The summed E-state index contributed by atoms with van der Waals surface area (Å²) in [6, 6.07) is 4.09. The zero-order chi connectivity index (χ0) is 11.9. The van der Waals surface area contributed by atoms with Crippen molar-refractivity contribution in [3.63, 3.8) is 0 Å². The number of hydrogen-bond acceptors (Lipinski definition) is 6. The van der Waals surface area contributed by atoms with E-state index in [0.29, 0.717) is 17.7 Å². The van der Waals surface area contributed by atoms with E-state index in [0.717, 1.165) is 18.8 Å². The molecule has 0 aromatic carbocycles. The zero-order valence-corrected chi connectivity index (χ0v) is 11.2. The first-order valence-electron chi connectivity index (χ1n) is 5.43. The first-order chi connectivity index (χ1) is 8.38. The predicted octanol–water partition coefficient (Wildman–Crippen LogP) is 2.85. The van der Waals surface area contributed by atoms with Crippen LogP contribution in [0, 0.1) is 0 Å². The van der Waals surface area contributed by atoms with E-state index in [4.69, 9.17) is 9.15 Å². The van der Waals surface area contributed by atoms with Gasteiger partial charge in [-0.25, -0.2) is 0 Å². The van der Waals surface area contributed by atoms with E-state index >= 15 is 0 Å². The molecule has 0 spiro atoms. The molecule has 0 aliphatic heterocycles. The maximum Gasteiger partial charge on any atom is 0.276 e. The Labute approximate surface area is 108 Å². The molecular formula is C11H14N2O2S2. The van der Waals surface area contributed by atoms with Crippen molar-refractivity contribution in [2.24, 2.45) is 0 Å². The first kappa shape index (κ1) is 12.6. The minimum absolute atomic E-state index is 0.622. The molecule has 0 saturated carbocycles. The summed E-state index contributed by atoms with van der Waals surface area (Å²) >= 11 is 3.23. The van der Waals surface area contributed by atoms with E-state index in [1.54, 1.807) is 11.3 Å². The van der Waals surface area contributed by atoms with Gasteiger partial charge >= 0.3 is 0 Å². The topological polar surface area (TPSA) is 48.2 Å². The van der Waals surface area contributed by atoms with E-state index in [2.05, 4.69) is 16.3 Å². The average molecular weight is 270 g/mol. The fraction of sp³-hybridized carbons (Fsp3) is 0.455. The monoisotopic (exact) mass is 270 g/mol. The Balaban J connectivity index is 1.79. The van der Waals surface area contributed by atoms with Crippen LogP contribution in [0.5, 0.6) is 0 Å². The van der Waals surface area contributed by atoms with Crippen molar-refractivity contribution in [3.05, 3.63) is 28.3 Å². The summed E-state index contributed by atoms with van der Waals surface area (Å²) in [6.45, 7) is 3.44. The van der Waals surface area contributed by atoms with Crippen LogP contribution in [0.1, 0.15) is 17.7 Å². The second-order valence-corrected chi connectivity index (χ2v) is 5.34. The highest BCUT2D eigenvalue weighted by molar-refractivity contribution is 7.99. The average Bonchev–Trinajstić information content (AvgIpc) is 2.97. The van der Waals surface area contributed by atoms with Crippen molar-refractivity contribution in [3.8, 4) is 0 Å². The van der Waals surface area contributed by atoms with Crippen LogP contribution in [0.3, 0.4) is 0 Å². The van der Waals surface area contributed by atoms with Crippen molar-refractivity contribution in [1.82, 2.24) is 10.2 Å². The van der Waals surface area contributed by atoms with Gasteiger partial charge in [0.05, 0.1) is 13.0 Å². The van der Waals surface area contributed by atoms with Gasteiger partial charge in [-0.2, -0.15) is 0 Å². The number of thioether (sulfide) groups is 1. The lowest BCUT2D eigenvalue weighted by Crippen LogP contribution is -1.95. The van der Waals surface area contributed by atoms with Crippen LogP contribution in [0.4, 0.5) is 0 Å². The molecule has 0 N–H and O–H groups in total. The Morgan fingerprint density at radius 2 is 2.41 bits per heavy atom. The molecule has 2 aromatic rings. The maximum atomic E-state index is 5.53. The SMILES string of the molecule is CCOCCSc1nnc(Cc2cccs2)o1. The van der Waals surface area contributed by atoms with Crippen LogP contribution < -0.4 is 0 Å². The van der Waals surface area contributed by atoms with Gasteiger partial charge in [0.15, 0.2) is 0 Å². The Morgan fingerprint density at radius 1 is 1.47 bits per heavy atom. The molecule has 0 bridgehead atoms. The molecule has 0 aliphatic carbocycles. The molecule has 92 valence electrons. The molecule has 4 nitrogen and oxygen atoms in total. The van der Waals surface area contributed by atoms with Crippen LogP contribution in [-0.4, -0.2) is 29.2 Å². The van der Waals surface area contributed by atoms with Crippen molar-refractivity contribution >= 4 is 23.1 Å². The van der Waals surface area contributed by atoms with Crippen molar-refractivity contribution in [1.29, 1.82) is 0 Å². The minimum atomic E-state index is 0.622. The van der Waals surface area contributed by atoms with Gasteiger partial charge in [0, 0.05) is 17.2 Å². The second-order valence-electron chi connectivity index (χ2n) is 3.26. The van der Waals surface area contributed by atoms with Gasteiger partial charge in [-0.05, 0) is 18.4 Å². The highest BCUT2D eigenvalue weighted by Crippen LogP contribution is 2.19. The molecule has 2 heterocycles. The van der Waals surface area contributed by atoms with E-state index in [1.165, 1.54) is 16.6 Å². The van der Waals surface area contributed by atoms with Gasteiger partial charge in [-0.15, -0.1) is 21.5 Å². The smallest absolute Gasteiger partial charge is 0.276 e. The number of aromatic nitrogens is 2. The zero-order valence-electron chi connectivity index (χ0n) is 9.59. The van der Waals surface area contributed by atoms with Crippen LogP contribution in [0.15, 0.2) is 27.2 Å². The Kier molecular flexibility index (Phi) is 5.03. The molecule has 0 unspecified atom stereocenters. The van der Waals surface area contributed by atoms with Crippen molar-refractivity contribution < 1.29 is 9.15 Å². The Hall–Kier alpha value is -0.850. The first-order valence-corrected chi connectivity index (χ1v) is 7.30. The normalized spacial score (nSPS) is 10.9. The van der Waals surface area contributed by atoms with E-state index in [9.17, 15) is 0 Å². The number of thiophene rings is 1. The summed E-state index contributed by atoms with van der Waals surface area (Å²) in [4.78, 5) is 1.24. The molecule has 0 amide bonds. The number of ether oxygens (including phenoxy) is 1. The third-order valence-corrected chi connectivity index (χ3v) is 3.67. The van der Waals surface area contributed by atoms with Gasteiger partial charge in [0.2, 0.25) is 5.89 Å². The summed E-state index contributed by atoms with van der Waals surface area (Å²) < 4.78 is 10.8. The standard InChI is InChI=1S/C11H14N2O2S2/c1-2-14-5-7-17-11-13-12-10(15-11)8-9-4-3-6-16-9/h3-4,6H,2,5,7-8H2,1H3. The molecule has 0 aliphatic rings. The van der Waals surface area contributed by atoms with Gasteiger partial charge in [-0.1, -0.05) is 17.8 Å². The molecule has 6 heteroatoms. The van der Waals surface area contributed by atoms with Gasteiger partial charge < -0.3 is 9.15 Å². The fourth-order valence-electron chi connectivity index (χ4n) is 1.26. The molecule has 0 radical (unpaired) electrons. The second kappa shape index (κ2) is 6.78. The lowest BCUT2D eigenvalue weighted by Gasteiger charge is -1.96. The van der Waals surface area contributed by atoms with Crippen LogP contribution >= 0.6 is 23.1 Å². The summed E-state index contributed by atoms with van der Waals surface area (Å²) in [5.74, 6) is 1.51. The van der Waals surface area contributed by atoms with Crippen molar-refractivity contribution in [2.75, 3.05) is 19.0 Å². The molecule has 2 rings (SSSR count). The highest BCUT2D eigenvalue weighted by Gasteiger charge is 2.07. The summed E-state index contributed by atoms with van der Waals surface area (Å²) in [7, 11) is 0. The Bertz CT molecular complexity index is 428. The number of nitrogens with zero attached hydrogens (tertiary/aromatic N) is 2. The third kappa shape index (κ3) is 4.14. The van der Waals surface area contributed by atoms with E-state index in [-0.39, 0.29) is 0 Å². The predicted molar refractivity (Wildman–Crippen MR) is 68.6 cm³/mol. The summed E-state index contributed by atoms with van der Waals surface area (Å²) in [5, 5.41) is 10.7. The molecule has 0 saturated heterocycles. The van der Waals surface area contributed by atoms with Gasteiger partial charge in [-0.3, -0.25) is 0 Å². The van der Waals surface area contributed by atoms with E-state index in [1.807, 2.05) is 18.4 Å². The largest absolute Gasteiger partial charge is 0.416 e. The molecule has 0 fully saturated rings. The minimum Gasteiger partial charge on any atom is -0.416 e.